The topological polar surface area (TPSA) is 73.1 Å². The van der Waals surface area contributed by atoms with Crippen LogP contribution in [0.15, 0.2) is 80.5 Å². The van der Waals surface area contributed by atoms with E-state index < -0.39 is 9.84 Å². The molecule has 1 aromatic heterocycles. The molecule has 136 valence electrons. The molecular formula is C20H15BrN2O3S. The van der Waals surface area contributed by atoms with Gasteiger partial charge in [0, 0.05) is 16.5 Å². The summed E-state index contributed by atoms with van der Waals surface area (Å²) >= 11 is 3.37. The highest BCUT2D eigenvalue weighted by atomic mass is 79.9. The Morgan fingerprint density at radius 1 is 0.889 bits per heavy atom. The fraction of sp³-hybridized carbons (Fsp3) is 0.100. The van der Waals surface area contributed by atoms with Crippen LogP contribution in [0, 0.1) is 0 Å². The molecule has 0 aliphatic rings. The highest BCUT2D eigenvalue weighted by Crippen LogP contribution is 2.22. The molecule has 0 radical (unpaired) electrons. The van der Waals surface area contributed by atoms with Crippen molar-refractivity contribution in [2.45, 2.75) is 11.3 Å². The van der Waals surface area contributed by atoms with Crippen molar-refractivity contribution >= 4 is 36.5 Å². The molecule has 3 aromatic carbocycles. The first kappa shape index (κ1) is 17.9. The van der Waals surface area contributed by atoms with Gasteiger partial charge in [-0.25, -0.2) is 8.42 Å². The normalized spacial score (nSPS) is 11.7. The molecule has 0 unspecified atom stereocenters. The standard InChI is InChI=1S/C20H15BrN2O3S/c21-17-8-5-15(6-9-17)20-23-22-19(26-20)11-12-27(24,25)18-10-7-14-3-1-2-4-16(14)13-18/h1-10,13H,11-12H2. The lowest BCUT2D eigenvalue weighted by molar-refractivity contribution is 0.510. The Morgan fingerprint density at radius 2 is 1.63 bits per heavy atom. The predicted octanol–water partition coefficient (Wildman–Crippen LogP) is 4.67. The van der Waals surface area contributed by atoms with Gasteiger partial charge in [0.15, 0.2) is 9.84 Å². The molecule has 7 heteroatoms. The molecule has 5 nitrogen and oxygen atoms in total. The third-order valence-electron chi connectivity index (χ3n) is 4.22. The molecule has 0 saturated carbocycles. The summed E-state index contributed by atoms with van der Waals surface area (Å²) in [6.07, 6.45) is 0.165. The number of aromatic nitrogens is 2. The largest absolute Gasteiger partial charge is 0.421 e. The zero-order chi connectivity index (χ0) is 18.9. The summed E-state index contributed by atoms with van der Waals surface area (Å²) in [6.45, 7) is 0. The Bertz CT molecular complexity index is 1200. The van der Waals surface area contributed by atoms with E-state index in [-0.39, 0.29) is 12.2 Å². The molecule has 0 N–H and O–H groups in total. The number of benzene rings is 3. The molecule has 4 aromatic rings. The zero-order valence-electron chi connectivity index (χ0n) is 14.2. The van der Waals surface area contributed by atoms with Crippen molar-refractivity contribution in [2.75, 3.05) is 5.75 Å². The van der Waals surface area contributed by atoms with Gasteiger partial charge in [0.2, 0.25) is 11.8 Å². The molecule has 0 bridgehead atoms. The van der Waals surface area contributed by atoms with E-state index in [9.17, 15) is 8.42 Å². The molecule has 1 heterocycles. The predicted molar refractivity (Wildman–Crippen MR) is 107 cm³/mol. The maximum absolute atomic E-state index is 12.7. The van der Waals surface area contributed by atoms with E-state index in [4.69, 9.17) is 4.42 Å². The van der Waals surface area contributed by atoms with Crippen molar-refractivity contribution < 1.29 is 12.8 Å². The van der Waals surface area contributed by atoms with Gasteiger partial charge in [-0.3, -0.25) is 0 Å². The lowest BCUT2D eigenvalue weighted by atomic mass is 10.1. The van der Waals surface area contributed by atoms with Crippen molar-refractivity contribution in [1.82, 2.24) is 10.2 Å². The minimum atomic E-state index is -3.44. The Balaban J connectivity index is 1.51. The van der Waals surface area contributed by atoms with Crippen LogP contribution in [0.3, 0.4) is 0 Å². The van der Waals surface area contributed by atoms with Crippen LogP contribution in [0.25, 0.3) is 22.2 Å². The van der Waals surface area contributed by atoms with Crippen LogP contribution < -0.4 is 0 Å². The lowest BCUT2D eigenvalue weighted by Crippen LogP contribution is -2.09. The molecule has 0 spiro atoms. The van der Waals surface area contributed by atoms with Gasteiger partial charge in [-0.2, -0.15) is 0 Å². The van der Waals surface area contributed by atoms with Gasteiger partial charge in [-0.1, -0.05) is 46.3 Å². The summed E-state index contributed by atoms with van der Waals surface area (Å²) in [7, 11) is -3.44. The van der Waals surface area contributed by atoms with Crippen molar-refractivity contribution in [3.05, 3.63) is 77.1 Å². The molecule has 0 fully saturated rings. The van der Waals surface area contributed by atoms with E-state index in [1.54, 1.807) is 12.1 Å². The van der Waals surface area contributed by atoms with Crippen LogP contribution >= 0.6 is 15.9 Å². The van der Waals surface area contributed by atoms with E-state index in [0.29, 0.717) is 16.7 Å². The number of rotatable bonds is 5. The Kier molecular flexibility index (Phi) is 4.80. The summed E-state index contributed by atoms with van der Waals surface area (Å²) in [5, 5.41) is 9.88. The third-order valence-corrected chi connectivity index (χ3v) is 6.47. The number of nitrogens with zero attached hydrogens (tertiary/aromatic N) is 2. The Morgan fingerprint density at radius 3 is 2.41 bits per heavy atom. The van der Waals surface area contributed by atoms with Crippen LogP contribution in [0.5, 0.6) is 0 Å². The molecule has 4 rings (SSSR count). The number of fused-ring (bicyclic) bond motifs is 1. The Hall–Kier alpha value is -2.51. The van der Waals surface area contributed by atoms with Crippen LogP contribution in [0.2, 0.25) is 0 Å². The fourth-order valence-electron chi connectivity index (χ4n) is 2.76. The second-order valence-corrected chi connectivity index (χ2v) is 9.11. The minimum absolute atomic E-state index is 0.0900. The molecule has 0 aliphatic carbocycles. The monoisotopic (exact) mass is 442 g/mol. The fourth-order valence-corrected chi connectivity index (χ4v) is 4.29. The van der Waals surface area contributed by atoms with Gasteiger partial charge in [-0.05, 0) is 47.2 Å². The summed E-state index contributed by atoms with van der Waals surface area (Å²) in [6, 6.07) is 20.3. The van der Waals surface area contributed by atoms with Gasteiger partial charge in [0.05, 0.1) is 10.6 Å². The number of sulfone groups is 1. The lowest BCUT2D eigenvalue weighted by Gasteiger charge is -2.05. The summed E-state index contributed by atoms with van der Waals surface area (Å²) in [5.41, 5.74) is 0.786. The van der Waals surface area contributed by atoms with E-state index in [1.807, 2.05) is 54.6 Å². The number of aryl methyl sites for hydroxylation is 1. The average Bonchev–Trinajstić information content (AvgIpc) is 3.16. The van der Waals surface area contributed by atoms with Crippen molar-refractivity contribution in [3.63, 3.8) is 0 Å². The molecule has 0 aliphatic heterocycles. The number of hydrogen-bond acceptors (Lipinski definition) is 5. The molecule has 0 amide bonds. The van der Waals surface area contributed by atoms with Crippen LogP contribution in [0.4, 0.5) is 0 Å². The van der Waals surface area contributed by atoms with Crippen LogP contribution in [-0.4, -0.2) is 24.4 Å². The summed E-state index contributed by atoms with van der Waals surface area (Å²) < 4.78 is 31.9. The molecule has 0 saturated heterocycles. The second kappa shape index (κ2) is 7.25. The molecule has 27 heavy (non-hydrogen) atoms. The maximum atomic E-state index is 12.7. The highest BCUT2D eigenvalue weighted by Gasteiger charge is 2.17. The summed E-state index contributed by atoms with van der Waals surface area (Å²) in [5.74, 6) is 0.589. The first-order chi connectivity index (χ1) is 13.0. The highest BCUT2D eigenvalue weighted by molar-refractivity contribution is 9.10. The van der Waals surface area contributed by atoms with Crippen molar-refractivity contribution in [3.8, 4) is 11.5 Å². The minimum Gasteiger partial charge on any atom is -0.421 e. The van der Waals surface area contributed by atoms with E-state index in [1.165, 1.54) is 0 Å². The SMILES string of the molecule is O=S(=O)(CCc1nnc(-c2ccc(Br)cc2)o1)c1ccc2ccccc2c1. The average molecular weight is 443 g/mol. The summed E-state index contributed by atoms with van der Waals surface area (Å²) in [4.78, 5) is 0.300. The smallest absolute Gasteiger partial charge is 0.247 e. The van der Waals surface area contributed by atoms with Gasteiger partial charge >= 0.3 is 0 Å². The number of halogens is 1. The molecule has 0 atom stereocenters. The van der Waals surface area contributed by atoms with Crippen molar-refractivity contribution in [1.29, 1.82) is 0 Å². The number of hydrogen-bond donors (Lipinski definition) is 0. The van der Waals surface area contributed by atoms with Gasteiger partial charge < -0.3 is 4.42 Å². The van der Waals surface area contributed by atoms with Crippen molar-refractivity contribution in [2.24, 2.45) is 0 Å². The van der Waals surface area contributed by atoms with E-state index in [0.717, 1.165) is 20.8 Å². The maximum Gasteiger partial charge on any atom is 0.247 e. The Labute approximate surface area is 165 Å². The van der Waals surface area contributed by atoms with Crippen LogP contribution in [-0.2, 0) is 16.3 Å². The zero-order valence-corrected chi connectivity index (χ0v) is 16.6. The van der Waals surface area contributed by atoms with Gasteiger partial charge in [0.25, 0.3) is 0 Å². The quantitative estimate of drug-likeness (QED) is 0.448. The van der Waals surface area contributed by atoms with Gasteiger partial charge in [-0.15, -0.1) is 10.2 Å². The first-order valence-corrected chi connectivity index (χ1v) is 10.8. The van der Waals surface area contributed by atoms with E-state index >= 15 is 0 Å². The molecular weight excluding hydrogens is 428 g/mol. The van der Waals surface area contributed by atoms with E-state index in [2.05, 4.69) is 26.1 Å². The van der Waals surface area contributed by atoms with Crippen LogP contribution in [0.1, 0.15) is 5.89 Å². The van der Waals surface area contributed by atoms with Gasteiger partial charge in [0.1, 0.15) is 0 Å². The first-order valence-electron chi connectivity index (χ1n) is 8.31. The third kappa shape index (κ3) is 3.94. The second-order valence-electron chi connectivity index (χ2n) is 6.09.